The SMILES string of the molecule is COc1ccccc1C1CNCCN1S(=O)(=O)c1cccc(C)c1F.Cl. The van der Waals surface area contributed by atoms with Gasteiger partial charge in [-0.05, 0) is 24.6 Å². The highest BCUT2D eigenvalue weighted by Gasteiger charge is 2.37. The number of hydrogen-bond donors (Lipinski definition) is 1. The average molecular weight is 401 g/mol. The summed E-state index contributed by atoms with van der Waals surface area (Å²) >= 11 is 0. The molecule has 0 saturated carbocycles. The molecule has 1 atom stereocenters. The highest BCUT2D eigenvalue weighted by molar-refractivity contribution is 7.89. The lowest BCUT2D eigenvalue weighted by Gasteiger charge is -2.36. The van der Waals surface area contributed by atoms with Crippen LogP contribution in [0.5, 0.6) is 5.75 Å². The summed E-state index contributed by atoms with van der Waals surface area (Å²) in [6.45, 7) is 2.77. The van der Waals surface area contributed by atoms with Gasteiger partial charge in [0.1, 0.15) is 16.5 Å². The molecule has 1 aliphatic rings. The van der Waals surface area contributed by atoms with Crippen LogP contribution in [0, 0.1) is 12.7 Å². The number of nitrogens with zero attached hydrogens (tertiary/aromatic N) is 1. The average Bonchev–Trinajstić information content (AvgIpc) is 2.63. The van der Waals surface area contributed by atoms with Crippen LogP contribution in [0.25, 0.3) is 0 Å². The maximum Gasteiger partial charge on any atom is 0.246 e. The third-order valence-corrected chi connectivity index (χ3v) is 6.36. The first-order valence-corrected chi connectivity index (χ1v) is 9.51. The van der Waals surface area contributed by atoms with E-state index in [2.05, 4.69) is 5.32 Å². The van der Waals surface area contributed by atoms with E-state index in [4.69, 9.17) is 4.74 Å². The predicted octanol–water partition coefficient (Wildman–Crippen LogP) is 2.90. The van der Waals surface area contributed by atoms with Crippen LogP contribution in [-0.2, 0) is 10.0 Å². The minimum Gasteiger partial charge on any atom is -0.496 e. The number of halogens is 2. The predicted molar refractivity (Wildman–Crippen MR) is 101 cm³/mol. The fraction of sp³-hybridized carbons (Fsp3) is 0.333. The maximum atomic E-state index is 14.5. The van der Waals surface area contributed by atoms with Gasteiger partial charge in [0, 0.05) is 25.2 Å². The van der Waals surface area contributed by atoms with Gasteiger partial charge in [0.2, 0.25) is 10.0 Å². The summed E-state index contributed by atoms with van der Waals surface area (Å²) in [5.41, 5.74) is 1.07. The lowest BCUT2D eigenvalue weighted by Crippen LogP contribution is -2.48. The van der Waals surface area contributed by atoms with Gasteiger partial charge in [0.05, 0.1) is 13.2 Å². The van der Waals surface area contributed by atoms with Gasteiger partial charge in [0.15, 0.2) is 0 Å². The molecule has 142 valence electrons. The fourth-order valence-corrected chi connectivity index (χ4v) is 4.87. The highest BCUT2D eigenvalue weighted by Crippen LogP contribution is 2.34. The summed E-state index contributed by atoms with van der Waals surface area (Å²) in [6.07, 6.45) is 0. The Bertz CT molecular complexity index is 876. The van der Waals surface area contributed by atoms with Crippen molar-refractivity contribution in [3.05, 3.63) is 59.4 Å². The van der Waals surface area contributed by atoms with Crippen molar-refractivity contribution in [1.82, 2.24) is 9.62 Å². The Morgan fingerprint density at radius 1 is 1.19 bits per heavy atom. The van der Waals surface area contributed by atoms with Crippen molar-refractivity contribution in [1.29, 1.82) is 0 Å². The molecule has 0 aliphatic carbocycles. The van der Waals surface area contributed by atoms with Gasteiger partial charge in [-0.2, -0.15) is 4.31 Å². The summed E-state index contributed by atoms with van der Waals surface area (Å²) in [4.78, 5) is -0.283. The van der Waals surface area contributed by atoms with E-state index < -0.39 is 21.9 Å². The topological polar surface area (TPSA) is 58.6 Å². The van der Waals surface area contributed by atoms with Crippen molar-refractivity contribution >= 4 is 22.4 Å². The molecule has 1 aliphatic heterocycles. The van der Waals surface area contributed by atoms with E-state index in [9.17, 15) is 12.8 Å². The van der Waals surface area contributed by atoms with Gasteiger partial charge >= 0.3 is 0 Å². The molecular formula is C18H22ClFN2O3S. The minimum atomic E-state index is -3.97. The number of para-hydroxylation sites is 1. The van der Waals surface area contributed by atoms with E-state index in [1.54, 1.807) is 32.2 Å². The molecule has 2 aromatic carbocycles. The van der Waals surface area contributed by atoms with Crippen LogP contribution in [0.4, 0.5) is 4.39 Å². The lowest BCUT2D eigenvalue weighted by atomic mass is 10.0. The minimum absolute atomic E-state index is 0. The molecule has 0 aromatic heterocycles. The Kier molecular flexibility index (Phi) is 6.63. The first kappa shape index (κ1) is 20.6. The number of piperazine rings is 1. The summed E-state index contributed by atoms with van der Waals surface area (Å²) in [6, 6.07) is 11.3. The van der Waals surface area contributed by atoms with Gasteiger partial charge < -0.3 is 10.1 Å². The number of rotatable bonds is 4. The number of nitrogens with one attached hydrogen (secondary N) is 1. The van der Waals surface area contributed by atoms with Crippen molar-refractivity contribution < 1.29 is 17.5 Å². The number of methoxy groups -OCH3 is 1. The Morgan fingerprint density at radius 2 is 1.92 bits per heavy atom. The molecule has 1 heterocycles. The van der Waals surface area contributed by atoms with Gasteiger partial charge in [-0.15, -0.1) is 12.4 Å². The standard InChI is InChI=1S/C18H21FN2O3S.ClH/c1-13-6-5-9-17(18(13)19)25(22,23)21-11-10-20-12-15(21)14-7-3-4-8-16(14)24-2;/h3-9,15,20H,10-12H2,1-2H3;1H. The molecule has 0 bridgehead atoms. The van der Waals surface area contributed by atoms with Crippen LogP contribution in [0.3, 0.4) is 0 Å². The van der Waals surface area contributed by atoms with Gasteiger partial charge in [0.25, 0.3) is 0 Å². The number of ether oxygens (including phenoxy) is 1. The van der Waals surface area contributed by atoms with Crippen LogP contribution < -0.4 is 10.1 Å². The molecule has 2 aromatic rings. The molecule has 26 heavy (non-hydrogen) atoms. The van der Waals surface area contributed by atoms with Crippen molar-refractivity contribution in [2.24, 2.45) is 0 Å². The van der Waals surface area contributed by atoms with Crippen LogP contribution in [0.2, 0.25) is 0 Å². The van der Waals surface area contributed by atoms with Crippen LogP contribution in [0.1, 0.15) is 17.2 Å². The van der Waals surface area contributed by atoms with E-state index in [1.165, 1.54) is 10.4 Å². The number of hydrogen-bond acceptors (Lipinski definition) is 4. The molecular weight excluding hydrogens is 379 g/mol. The monoisotopic (exact) mass is 400 g/mol. The Morgan fingerprint density at radius 3 is 2.65 bits per heavy atom. The number of aryl methyl sites for hydroxylation is 1. The zero-order valence-corrected chi connectivity index (χ0v) is 16.2. The Balaban J connectivity index is 0.00000243. The smallest absolute Gasteiger partial charge is 0.246 e. The summed E-state index contributed by atoms with van der Waals surface area (Å²) < 4.78 is 47.5. The molecule has 1 unspecified atom stereocenters. The van der Waals surface area contributed by atoms with Gasteiger partial charge in [-0.3, -0.25) is 0 Å². The van der Waals surface area contributed by atoms with E-state index >= 15 is 0 Å². The Hall–Kier alpha value is -1.67. The molecule has 8 heteroatoms. The second-order valence-electron chi connectivity index (χ2n) is 5.96. The molecule has 0 radical (unpaired) electrons. The highest BCUT2D eigenvalue weighted by atomic mass is 35.5. The van der Waals surface area contributed by atoms with Crippen molar-refractivity contribution in [2.75, 3.05) is 26.7 Å². The van der Waals surface area contributed by atoms with Crippen LogP contribution >= 0.6 is 12.4 Å². The summed E-state index contributed by atoms with van der Waals surface area (Å²) in [5.74, 6) is -0.0825. The molecule has 0 amide bonds. The van der Waals surface area contributed by atoms with Gasteiger partial charge in [-0.25, -0.2) is 12.8 Å². The van der Waals surface area contributed by atoms with Crippen molar-refractivity contribution in [3.8, 4) is 5.75 Å². The molecule has 1 N–H and O–H groups in total. The fourth-order valence-electron chi connectivity index (χ4n) is 3.13. The third kappa shape index (κ3) is 3.71. The first-order valence-electron chi connectivity index (χ1n) is 8.07. The zero-order valence-electron chi connectivity index (χ0n) is 14.6. The summed E-state index contributed by atoms with van der Waals surface area (Å²) in [7, 11) is -2.42. The molecule has 1 fully saturated rings. The van der Waals surface area contributed by atoms with E-state index in [1.807, 2.05) is 18.2 Å². The molecule has 1 saturated heterocycles. The van der Waals surface area contributed by atoms with Crippen LogP contribution in [-0.4, -0.2) is 39.5 Å². The quantitative estimate of drug-likeness (QED) is 0.857. The third-order valence-electron chi connectivity index (χ3n) is 4.44. The normalized spacial score (nSPS) is 18.2. The van der Waals surface area contributed by atoms with E-state index in [-0.39, 0.29) is 23.8 Å². The molecule has 0 spiro atoms. The van der Waals surface area contributed by atoms with Gasteiger partial charge in [-0.1, -0.05) is 30.3 Å². The van der Waals surface area contributed by atoms with Crippen molar-refractivity contribution in [3.63, 3.8) is 0 Å². The molecule has 3 rings (SSSR count). The Labute approximate surface area is 159 Å². The zero-order chi connectivity index (χ0) is 18.0. The second-order valence-corrected chi connectivity index (χ2v) is 7.82. The second kappa shape index (κ2) is 8.35. The summed E-state index contributed by atoms with van der Waals surface area (Å²) in [5, 5.41) is 3.21. The molecule has 5 nitrogen and oxygen atoms in total. The number of benzene rings is 2. The first-order chi connectivity index (χ1) is 12.0. The maximum absolute atomic E-state index is 14.5. The van der Waals surface area contributed by atoms with Crippen molar-refractivity contribution in [2.45, 2.75) is 17.9 Å². The van der Waals surface area contributed by atoms with Crippen LogP contribution in [0.15, 0.2) is 47.4 Å². The number of sulfonamides is 1. The largest absolute Gasteiger partial charge is 0.496 e. The van der Waals surface area contributed by atoms with E-state index in [0.717, 1.165) is 5.56 Å². The lowest BCUT2D eigenvalue weighted by molar-refractivity contribution is 0.264. The van der Waals surface area contributed by atoms with E-state index in [0.29, 0.717) is 24.4 Å².